The average Bonchev–Trinajstić information content (AvgIpc) is 2.90. The molecule has 1 aromatic carbocycles. The van der Waals surface area contributed by atoms with Gasteiger partial charge in [0.25, 0.3) is 5.69 Å². The van der Waals surface area contributed by atoms with Crippen LogP contribution >= 0.6 is 27.5 Å². The smallest absolute Gasteiger partial charge is 0.435 e. The maximum atomic E-state index is 12.2. The number of nitro benzene ring substituents is 1. The number of aromatic nitrogens is 2. The lowest BCUT2D eigenvalue weighted by molar-refractivity contribution is -0.384. The van der Waals surface area contributed by atoms with Crippen LogP contribution in [0.5, 0.6) is 0 Å². The van der Waals surface area contributed by atoms with Gasteiger partial charge in [0.05, 0.1) is 16.3 Å². The van der Waals surface area contributed by atoms with Crippen LogP contribution in [-0.4, -0.2) is 26.4 Å². The van der Waals surface area contributed by atoms with Gasteiger partial charge in [-0.25, -0.2) is 4.79 Å². The molecule has 128 valence electrons. The topological polar surface area (TPSA) is 87.3 Å². The van der Waals surface area contributed by atoms with Crippen molar-refractivity contribution in [2.45, 2.75) is 31.7 Å². The molecule has 0 atom stereocenters. The van der Waals surface area contributed by atoms with E-state index in [1.54, 1.807) is 32.9 Å². The minimum Gasteiger partial charge on any atom is -0.442 e. The fraction of sp³-hybridized carbons (Fsp3) is 0.333. The Labute approximate surface area is 151 Å². The van der Waals surface area contributed by atoms with Crippen molar-refractivity contribution in [1.29, 1.82) is 0 Å². The van der Waals surface area contributed by atoms with Crippen molar-refractivity contribution >= 4 is 39.3 Å². The lowest BCUT2D eigenvalue weighted by Gasteiger charge is -2.19. The summed E-state index contributed by atoms with van der Waals surface area (Å²) in [6.07, 6.45) is -0.619. The molecule has 0 saturated heterocycles. The van der Waals surface area contributed by atoms with Crippen molar-refractivity contribution in [3.8, 4) is 11.3 Å². The van der Waals surface area contributed by atoms with Crippen LogP contribution < -0.4 is 0 Å². The number of hydrogen-bond donors (Lipinski definition) is 0. The molecule has 0 amide bonds. The number of carbonyl (C=O) groups is 1. The zero-order valence-electron chi connectivity index (χ0n) is 13.2. The molecule has 0 fully saturated rings. The minimum absolute atomic E-state index is 0.0380. The number of benzene rings is 1. The molecule has 2 rings (SSSR count). The van der Waals surface area contributed by atoms with E-state index in [0.717, 1.165) is 4.68 Å². The molecule has 2 aromatic rings. The van der Waals surface area contributed by atoms with Crippen molar-refractivity contribution in [2.75, 3.05) is 0 Å². The lowest BCUT2D eigenvalue weighted by atomic mass is 10.1. The van der Waals surface area contributed by atoms with Gasteiger partial charge in [-0.1, -0.05) is 33.6 Å². The van der Waals surface area contributed by atoms with Gasteiger partial charge in [0.2, 0.25) is 0 Å². The van der Waals surface area contributed by atoms with Crippen LogP contribution in [0.25, 0.3) is 11.3 Å². The normalized spacial score (nSPS) is 11.4. The summed E-state index contributed by atoms with van der Waals surface area (Å²) in [4.78, 5) is 22.7. The van der Waals surface area contributed by atoms with Gasteiger partial charge >= 0.3 is 6.09 Å². The molecule has 0 saturated carbocycles. The Kier molecular flexibility index (Phi) is 5.29. The highest BCUT2D eigenvalue weighted by atomic mass is 79.9. The molecule has 9 heteroatoms. The van der Waals surface area contributed by atoms with Crippen LogP contribution in [0.1, 0.15) is 26.5 Å². The molecule has 0 spiro atoms. The zero-order valence-corrected chi connectivity index (χ0v) is 15.6. The Bertz CT molecular complexity index is 799. The second-order valence-corrected chi connectivity index (χ2v) is 6.94. The van der Waals surface area contributed by atoms with Crippen LogP contribution in [0.4, 0.5) is 10.5 Å². The summed E-state index contributed by atoms with van der Waals surface area (Å²) >= 11 is 9.11. The Morgan fingerprint density at radius 2 is 2.08 bits per heavy atom. The highest BCUT2D eigenvalue weighted by Gasteiger charge is 2.22. The Balaban J connectivity index is 2.45. The minimum atomic E-state index is -0.661. The maximum Gasteiger partial charge on any atom is 0.435 e. The van der Waals surface area contributed by atoms with E-state index in [2.05, 4.69) is 21.0 Å². The van der Waals surface area contributed by atoms with Crippen LogP contribution in [-0.2, 0) is 10.1 Å². The van der Waals surface area contributed by atoms with Gasteiger partial charge in [0, 0.05) is 17.0 Å². The van der Waals surface area contributed by atoms with E-state index in [0.29, 0.717) is 22.3 Å². The maximum absolute atomic E-state index is 12.2. The largest absolute Gasteiger partial charge is 0.442 e. The number of rotatable bonds is 3. The van der Waals surface area contributed by atoms with Crippen molar-refractivity contribution in [2.24, 2.45) is 0 Å². The molecule has 1 heterocycles. The van der Waals surface area contributed by atoms with Gasteiger partial charge < -0.3 is 4.74 Å². The first-order chi connectivity index (χ1) is 11.1. The number of nitrogens with zero attached hydrogens (tertiary/aromatic N) is 3. The quantitative estimate of drug-likeness (QED) is 0.408. The molecule has 0 bridgehead atoms. The van der Waals surface area contributed by atoms with E-state index in [-0.39, 0.29) is 10.7 Å². The zero-order chi connectivity index (χ0) is 18.1. The first kappa shape index (κ1) is 18.4. The molecule has 1 aromatic heterocycles. The van der Waals surface area contributed by atoms with Gasteiger partial charge in [-0.2, -0.15) is 9.78 Å². The molecule has 24 heavy (non-hydrogen) atoms. The predicted octanol–water partition coefficient (Wildman–Crippen LogP) is 4.79. The molecule has 7 nitrogen and oxygen atoms in total. The molecular weight excluding hydrogens is 402 g/mol. The van der Waals surface area contributed by atoms with Gasteiger partial charge in [-0.05, 0) is 32.9 Å². The van der Waals surface area contributed by atoms with Gasteiger partial charge in [0.1, 0.15) is 10.6 Å². The summed E-state index contributed by atoms with van der Waals surface area (Å²) in [6.45, 7) is 5.27. The van der Waals surface area contributed by atoms with Crippen molar-refractivity contribution in [3.05, 3.63) is 45.1 Å². The van der Waals surface area contributed by atoms with Crippen molar-refractivity contribution in [3.63, 3.8) is 0 Å². The highest BCUT2D eigenvalue weighted by molar-refractivity contribution is 9.08. The number of carbonyl (C=O) groups excluding carboxylic acids is 1. The number of halogens is 2. The monoisotopic (exact) mass is 415 g/mol. The van der Waals surface area contributed by atoms with E-state index >= 15 is 0 Å². The third-order valence-electron chi connectivity index (χ3n) is 2.93. The van der Waals surface area contributed by atoms with Crippen LogP contribution in [0, 0.1) is 10.1 Å². The second-order valence-electron chi connectivity index (χ2n) is 5.97. The first-order valence-corrected chi connectivity index (χ1v) is 8.45. The highest BCUT2D eigenvalue weighted by Crippen LogP contribution is 2.30. The summed E-state index contributed by atoms with van der Waals surface area (Å²) < 4.78 is 6.44. The van der Waals surface area contributed by atoms with Crippen LogP contribution in [0.2, 0.25) is 5.02 Å². The fourth-order valence-electron chi connectivity index (χ4n) is 1.93. The van der Waals surface area contributed by atoms with E-state index in [9.17, 15) is 14.9 Å². The third-order valence-corrected chi connectivity index (χ3v) is 3.82. The molecule has 0 aliphatic rings. The Morgan fingerprint density at radius 3 is 2.62 bits per heavy atom. The van der Waals surface area contributed by atoms with Crippen LogP contribution in [0.3, 0.4) is 0 Å². The fourth-order valence-corrected chi connectivity index (χ4v) is 2.52. The summed E-state index contributed by atoms with van der Waals surface area (Å²) in [5.74, 6) is 0. The first-order valence-electron chi connectivity index (χ1n) is 6.95. The van der Waals surface area contributed by atoms with Gasteiger partial charge in [-0.3, -0.25) is 10.1 Å². The lowest BCUT2D eigenvalue weighted by Crippen LogP contribution is -2.28. The molecule has 0 unspecified atom stereocenters. The van der Waals surface area contributed by atoms with E-state index in [1.807, 2.05) is 0 Å². The summed E-state index contributed by atoms with van der Waals surface area (Å²) in [6, 6.07) is 6.01. The number of ether oxygens (including phenoxy) is 1. The van der Waals surface area contributed by atoms with Crippen LogP contribution in [0.15, 0.2) is 24.3 Å². The van der Waals surface area contributed by atoms with Gasteiger partial charge in [-0.15, -0.1) is 0 Å². The van der Waals surface area contributed by atoms with E-state index in [1.165, 1.54) is 12.1 Å². The summed E-state index contributed by atoms with van der Waals surface area (Å²) in [5.41, 5.74) is 0.579. The number of alkyl halides is 1. The molecular formula is C15H15BrClN3O4. The van der Waals surface area contributed by atoms with E-state index in [4.69, 9.17) is 16.3 Å². The number of nitro groups is 1. The summed E-state index contributed by atoms with van der Waals surface area (Å²) in [5, 5.41) is 15.6. The van der Waals surface area contributed by atoms with Crippen molar-refractivity contribution < 1.29 is 14.5 Å². The van der Waals surface area contributed by atoms with Gasteiger partial charge in [0.15, 0.2) is 0 Å². The SMILES string of the molecule is CC(C)(C)OC(=O)n1nc(-c2ccc(Cl)c([N+](=O)[O-])c2)cc1CBr. The van der Waals surface area contributed by atoms with E-state index < -0.39 is 16.6 Å². The standard InChI is InChI=1S/C15H15BrClN3O4/c1-15(2,3)24-14(21)19-10(8-16)7-12(18-19)9-4-5-11(17)13(6-9)20(22)23/h4-7H,8H2,1-3H3. The molecule has 0 aliphatic carbocycles. The molecule has 0 radical (unpaired) electrons. The molecule has 0 N–H and O–H groups in total. The Hall–Kier alpha value is -1.93. The summed E-state index contributed by atoms with van der Waals surface area (Å²) in [7, 11) is 0. The third kappa shape index (κ3) is 4.12. The number of hydrogen-bond acceptors (Lipinski definition) is 5. The molecule has 0 aliphatic heterocycles. The van der Waals surface area contributed by atoms with Crippen molar-refractivity contribution in [1.82, 2.24) is 9.78 Å². The second kappa shape index (κ2) is 6.90. The average molecular weight is 417 g/mol. The predicted molar refractivity (Wildman–Crippen MR) is 93.6 cm³/mol. The Morgan fingerprint density at radius 1 is 1.42 bits per heavy atom.